The number of anilines is 2. The van der Waals surface area contributed by atoms with Crippen LogP contribution in [0.15, 0.2) is 42.7 Å². The number of halogens is 1. The summed E-state index contributed by atoms with van der Waals surface area (Å²) >= 11 is 5.91. The van der Waals surface area contributed by atoms with Gasteiger partial charge in [0.2, 0.25) is 5.65 Å². The van der Waals surface area contributed by atoms with E-state index >= 15 is 0 Å². The quantitative estimate of drug-likeness (QED) is 0.583. The van der Waals surface area contributed by atoms with Crippen molar-refractivity contribution in [2.75, 3.05) is 5.32 Å². The average Bonchev–Trinajstić information content (AvgIpc) is 3.07. The molecule has 124 valence electrons. The summed E-state index contributed by atoms with van der Waals surface area (Å²) in [7, 11) is 0. The summed E-state index contributed by atoms with van der Waals surface area (Å²) < 4.78 is 1.84. The first-order valence-corrected chi connectivity index (χ1v) is 7.81. The molecule has 0 aliphatic heterocycles. The van der Waals surface area contributed by atoms with Crippen molar-refractivity contribution in [3.63, 3.8) is 0 Å². The van der Waals surface area contributed by atoms with Gasteiger partial charge in [-0.15, -0.1) is 10.2 Å². The summed E-state index contributed by atoms with van der Waals surface area (Å²) in [5, 5.41) is 20.6. The number of aromatic carboxylic acids is 1. The van der Waals surface area contributed by atoms with Crippen LogP contribution in [0.1, 0.15) is 15.9 Å². The number of nitrogens with one attached hydrogen (secondary N) is 1. The molecule has 0 atom stereocenters. The summed E-state index contributed by atoms with van der Waals surface area (Å²) in [6, 6.07) is 10.6. The minimum absolute atomic E-state index is 0.0144. The van der Waals surface area contributed by atoms with E-state index in [9.17, 15) is 9.90 Å². The van der Waals surface area contributed by atoms with E-state index in [0.29, 0.717) is 17.2 Å². The topological polar surface area (TPSA) is 92.4 Å². The summed E-state index contributed by atoms with van der Waals surface area (Å²) in [5.74, 6) is -0.615. The van der Waals surface area contributed by atoms with Gasteiger partial charge in [0.1, 0.15) is 6.33 Å². The van der Waals surface area contributed by atoms with E-state index in [0.717, 1.165) is 16.6 Å². The molecular weight excluding hydrogens is 342 g/mol. The molecule has 0 radical (unpaired) electrons. The number of nitrogens with zero attached hydrogens (tertiary/aromatic N) is 4. The van der Waals surface area contributed by atoms with E-state index < -0.39 is 5.97 Å². The smallest absolute Gasteiger partial charge is 0.337 e. The largest absolute Gasteiger partial charge is 0.478 e. The minimum Gasteiger partial charge on any atom is -0.478 e. The zero-order valence-corrected chi connectivity index (χ0v) is 13.8. The fourth-order valence-corrected chi connectivity index (χ4v) is 2.85. The third kappa shape index (κ3) is 2.64. The van der Waals surface area contributed by atoms with E-state index in [-0.39, 0.29) is 10.6 Å². The molecule has 0 saturated heterocycles. The Kier molecular flexibility index (Phi) is 3.51. The van der Waals surface area contributed by atoms with Gasteiger partial charge in [-0.2, -0.15) is 0 Å². The van der Waals surface area contributed by atoms with Gasteiger partial charge in [0.15, 0.2) is 5.82 Å². The number of carboxylic acid groups (broad SMARTS) is 1. The second-order valence-electron chi connectivity index (χ2n) is 5.60. The first-order chi connectivity index (χ1) is 12.0. The molecule has 0 amide bonds. The standard InChI is InChI=1S/C17H12ClN5O2/c1-9-2-5-13-14(6-9)23-8-19-22-16(23)15(21-13)20-10-3-4-12(18)11(7-10)17(24)25/h2-8H,1H3,(H,20,21)(H,24,25). The first-order valence-electron chi connectivity index (χ1n) is 7.43. The number of aryl methyl sites for hydroxylation is 1. The summed E-state index contributed by atoms with van der Waals surface area (Å²) in [6.45, 7) is 2.00. The van der Waals surface area contributed by atoms with Crippen molar-refractivity contribution in [1.29, 1.82) is 0 Å². The van der Waals surface area contributed by atoms with Gasteiger partial charge >= 0.3 is 5.97 Å². The van der Waals surface area contributed by atoms with Gasteiger partial charge in [-0.25, -0.2) is 9.78 Å². The van der Waals surface area contributed by atoms with Crippen LogP contribution in [0.5, 0.6) is 0 Å². The number of hydrogen-bond donors (Lipinski definition) is 2. The molecule has 7 nitrogen and oxygen atoms in total. The molecule has 0 bridgehead atoms. The lowest BCUT2D eigenvalue weighted by Crippen LogP contribution is -2.02. The van der Waals surface area contributed by atoms with Crippen LogP contribution in [0.3, 0.4) is 0 Å². The molecule has 0 fully saturated rings. The molecule has 0 saturated carbocycles. The normalized spacial score (nSPS) is 11.1. The Morgan fingerprint density at radius 2 is 2.08 bits per heavy atom. The van der Waals surface area contributed by atoms with E-state index in [1.807, 2.05) is 29.5 Å². The first kappa shape index (κ1) is 15.3. The molecule has 2 aromatic carbocycles. The Morgan fingerprint density at radius 1 is 1.24 bits per heavy atom. The second kappa shape index (κ2) is 5.71. The third-order valence-corrected chi connectivity index (χ3v) is 4.17. The summed E-state index contributed by atoms with van der Waals surface area (Å²) in [6.07, 6.45) is 1.62. The van der Waals surface area contributed by atoms with Crippen LogP contribution >= 0.6 is 11.6 Å². The molecule has 0 aliphatic rings. The number of fused-ring (bicyclic) bond motifs is 3. The molecule has 2 N–H and O–H groups in total. The summed E-state index contributed by atoms with van der Waals surface area (Å²) in [4.78, 5) is 15.8. The monoisotopic (exact) mass is 353 g/mol. The van der Waals surface area contributed by atoms with Gasteiger partial charge in [-0.05, 0) is 42.8 Å². The maximum atomic E-state index is 11.2. The van der Waals surface area contributed by atoms with Gasteiger partial charge in [0, 0.05) is 5.69 Å². The molecule has 2 aromatic heterocycles. The van der Waals surface area contributed by atoms with Gasteiger partial charge in [-0.1, -0.05) is 17.7 Å². The molecule has 0 unspecified atom stereocenters. The van der Waals surface area contributed by atoms with Gasteiger partial charge < -0.3 is 10.4 Å². The lowest BCUT2D eigenvalue weighted by Gasteiger charge is -2.10. The van der Waals surface area contributed by atoms with Gasteiger partial charge in [-0.3, -0.25) is 4.40 Å². The highest BCUT2D eigenvalue weighted by Crippen LogP contribution is 2.26. The van der Waals surface area contributed by atoms with Crippen molar-refractivity contribution < 1.29 is 9.90 Å². The highest BCUT2D eigenvalue weighted by Gasteiger charge is 2.13. The fraction of sp³-hybridized carbons (Fsp3) is 0.0588. The second-order valence-corrected chi connectivity index (χ2v) is 6.01. The lowest BCUT2D eigenvalue weighted by molar-refractivity contribution is 0.0697. The van der Waals surface area contributed by atoms with E-state index in [1.54, 1.807) is 12.4 Å². The highest BCUT2D eigenvalue weighted by molar-refractivity contribution is 6.33. The van der Waals surface area contributed by atoms with Crippen molar-refractivity contribution in [2.24, 2.45) is 0 Å². The molecule has 8 heteroatoms. The van der Waals surface area contributed by atoms with Crippen molar-refractivity contribution in [2.45, 2.75) is 6.92 Å². The summed E-state index contributed by atoms with van der Waals surface area (Å²) in [5.41, 5.74) is 3.88. The maximum Gasteiger partial charge on any atom is 0.337 e. The molecule has 4 aromatic rings. The SMILES string of the molecule is Cc1ccc2nc(Nc3ccc(Cl)c(C(=O)O)c3)c3nncn3c2c1. The van der Waals surface area contributed by atoms with Crippen LogP contribution in [0.2, 0.25) is 5.02 Å². The molecule has 2 heterocycles. The zero-order chi connectivity index (χ0) is 17.6. The number of carbonyl (C=O) groups is 1. The molecular formula is C17H12ClN5O2. The van der Waals surface area contributed by atoms with Crippen LogP contribution in [0.4, 0.5) is 11.5 Å². The van der Waals surface area contributed by atoms with Crippen LogP contribution in [-0.4, -0.2) is 30.7 Å². The molecule has 4 rings (SSSR count). The fourth-order valence-electron chi connectivity index (χ4n) is 2.65. The third-order valence-electron chi connectivity index (χ3n) is 3.84. The average molecular weight is 354 g/mol. The highest BCUT2D eigenvalue weighted by atomic mass is 35.5. The van der Waals surface area contributed by atoms with Crippen LogP contribution in [0, 0.1) is 6.92 Å². The van der Waals surface area contributed by atoms with Crippen molar-refractivity contribution in [1.82, 2.24) is 19.6 Å². The van der Waals surface area contributed by atoms with Crippen molar-refractivity contribution in [3.8, 4) is 0 Å². The Bertz CT molecular complexity index is 1140. The Labute approximate surface area is 146 Å². The zero-order valence-electron chi connectivity index (χ0n) is 13.1. The predicted octanol–water partition coefficient (Wildman–Crippen LogP) is 3.68. The maximum absolute atomic E-state index is 11.2. The number of rotatable bonds is 3. The van der Waals surface area contributed by atoms with Crippen LogP contribution in [0.25, 0.3) is 16.7 Å². The van der Waals surface area contributed by atoms with Crippen molar-refractivity contribution in [3.05, 3.63) is 58.9 Å². The van der Waals surface area contributed by atoms with E-state index in [4.69, 9.17) is 11.6 Å². The number of carboxylic acids is 1. The molecule has 0 aliphatic carbocycles. The van der Waals surface area contributed by atoms with Crippen molar-refractivity contribution >= 4 is 45.8 Å². The van der Waals surface area contributed by atoms with Crippen LogP contribution < -0.4 is 5.32 Å². The van der Waals surface area contributed by atoms with E-state index in [1.165, 1.54) is 12.1 Å². The predicted molar refractivity (Wildman–Crippen MR) is 94.7 cm³/mol. The van der Waals surface area contributed by atoms with Gasteiger partial charge in [0.25, 0.3) is 0 Å². The number of aromatic nitrogens is 4. The lowest BCUT2D eigenvalue weighted by atomic mass is 10.2. The molecule has 25 heavy (non-hydrogen) atoms. The Balaban J connectivity index is 1.86. The number of hydrogen-bond acceptors (Lipinski definition) is 5. The Morgan fingerprint density at radius 3 is 2.88 bits per heavy atom. The van der Waals surface area contributed by atoms with Gasteiger partial charge in [0.05, 0.1) is 21.6 Å². The molecule has 0 spiro atoms. The van der Waals surface area contributed by atoms with Crippen LogP contribution in [-0.2, 0) is 0 Å². The van der Waals surface area contributed by atoms with E-state index in [2.05, 4.69) is 20.5 Å². The number of benzene rings is 2. The minimum atomic E-state index is -1.09. The Hall–Kier alpha value is -3.19.